The van der Waals surface area contributed by atoms with Crippen molar-refractivity contribution >= 4 is 21.6 Å². The smallest absolute Gasteiger partial charge is 0.478 e. The van der Waals surface area contributed by atoms with Crippen molar-refractivity contribution in [1.82, 2.24) is 4.90 Å². The Morgan fingerprint density at radius 1 is 1.12 bits per heavy atom. The molecule has 0 radical (unpaired) electrons. The molecule has 0 aliphatic carbocycles. The third-order valence-corrected chi connectivity index (χ3v) is 3.05. The molecule has 0 saturated heterocycles. The fourth-order valence-electron chi connectivity index (χ4n) is 0.359. The van der Waals surface area contributed by atoms with Crippen molar-refractivity contribution in [2.75, 3.05) is 14.1 Å². The van der Waals surface area contributed by atoms with Crippen LogP contribution >= 0.6 is 15.6 Å². The van der Waals surface area contributed by atoms with Crippen molar-refractivity contribution in [2.24, 2.45) is 0 Å². The van der Waals surface area contributed by atoms with Crippen LogP contribution in [-0.2, 0) is 18.2 Å². The van der Waals surface area contributed by atoms with Crippen LogP contribution in [0.15, 0.2) is 0 Å². The summed E-state index contributed by atoms with van der Waals surface area (Å²) in [4.78, 5) is 42.7. The molecule has 17 heavy (non-hydrogen) atoms. The Bertz CT molecular complexity index is 310. The molecule has 12 heteroatoms. The highest BCUT2D eigenvalue weighted by Crippen LogP contribution is 2.53. The van der Waals surface area contributed by atoms with Crippen molar-refractivity contribution in [2.45, 2.75) is 13.0 Å². The van der Waals surface area contributed by atoms with E-state index in [1.807, 2.05) is 0 Å². The third kappa shape index (κ3) is 15.7. The van der Waals surface area contributed by atoms with Crippen molar-refractivity contribution in [1.29, 1.82) is 0 Å². The Kier molecular flexibility index (Phi) is 8.06. The molecule has 104 valence electrons. The number of hydrogen-bond acceptors (Lipinski definition) is 5. The molecule has 10 nitrogen and oxygen atoms in total. The maximum Gasteiger partial charge on any atom is 0.478 e. The maximum atomic E-state index is 10.1. The Balaban J connectivity index is 0. The van der Waals surface area contributed by atoms with Crippen LogP contribution in [0.25, 0.3) is 0 Å². The monoisotopic (exact) mass is 295 g/mol. The van der Waals surface area contributed by atoms with Gasteiger partial charge >= 0.3 is 21.6 Å². The average Bonchev–Trinajstić information content (AvgIpc) is 1.96. The highest BCUT2D eigenvalue weighted by molar-refractivity contribution is 7.60. The summed E-state index contributed by atoms with van der Waals surface area (Å²) in [7, 11) is -6.63. The van der Waals surface area contributed by atoms with E-state index in [2.05, 4.69) is 4.31 Å². The highest BCUT2D eigenvalue weighted by atomic mass is 31.3. The molecule has 0 aromatic carbocycles. The largest absolute Gasteiger partial charge is 0.480 e. The number of carboxylic acids is 1. The fraction of sp³-hybridized carbons (Fsp3) is 0.800. The minimum Gasteiger partial charge on any atom is -0.480 e. The van der Waals surface area contributed by atoms with E-state index in [-0.39, 0.29) is 6.04 Å². The minimum absolute atomic E-state index is 0.380. The summed E-state index contributed by atoms with van der Waals surface area (Å²) < 4.78 is 22.2. The zero-order chi connectivity index (χ0) is 14.4. The number of nitrogens with zero attached hydrogens (tertiary/aromatic N) is 1. The van der Waals surface area contributed by atoms with Gasteiger partial charge in [-0.3, -0.25) is 9.69 Å². The molecule has 1 atom stereocenters. The van der Waals surface area contributed by atoms with E-state index in [1.54, 1.807) is 25.9 Å². The predicted molar refractivity (Wildman–Crippen MR) is 56.0 cm³/mol. The number of carbonyl (C=O) groups is 1. The first-order valence-electron chi connectivity index (χ1n) is 3.98. The van der Waals surface area contributed by atoms with Crippen molar-refractivity contribution in [3.05, 3.63) is 0 Å². The number of aliphatic carboxylic acids is 1. The molecular weight excluding hydrogens is 280 g/mol. The molecule has 1 unspecified atom stereocenters. The van der Waals surface area contributed by atoms with E-state index < -0.39 is 21.6 Å². The van der Waals surface area contributed by atoms with Crippen LogP contribution < -0.4 is 0 Å². The van der Waals surface area contributed by atoms with Crippen LogP contribution in [0.3, 0.4) is 0 Å². The molecular formula is C5H15NO9P2. The van der Waals surface area contributed by atoms with Crippen LogP contribution in [0.5, 0.6) is 0 Å². The Morgan fingerprint density at radius 2 is 1.41 bits per heavy atom. The summed E-state index contributed by atoms with van der Waals surface area (Å²) in [5.41, 5.74) is 0. The second-order valence-corrected chi connectivity index (χ2v) is 5.66. The van der Waals surface area contributed by atoms with Crippen LogP contribution in [0.2, 0.25) is 0 Å². The van der Waals surface area contributed by atoms with E-state index >= 15 is 0 Å². The molecule has 0 aliphatic heterocycles. The SMILES string of the molecule is CC(C(=O)O)N(C)C.O=P(O)(O)OP(=O)(O)O. The van der Waals surface area contributed by atoms with Gasteiger partial charge in [0.05, 0.1) is 0 Å². The van der Waals surface area contributed by atoms with Gasteiger partial charge < -0.3 is 24.7 Å². The quantitative estimate of drug-likeness (QED) is 0.415. The van der Waals surface area contributed by atoms with Gasteiger partial charge in [-0.2, -0.15) is 4.31 Å². The summed E-state index contributed by atoms with van der Waals surface area (Å²) >= 11 is 0. The van der Waals surface area contributed by atoms with Gasteiger partial charge in [0.15, 0.2) is 0 Å². The molecule has 0 aromatic heterocycles. The number of phosphoric acid groups is 2. The molecule has 0 amide bonds. The van der Waals surface area contributed by atoms with E-state index in [4.69, 9.17) is 24.7 Å². The Labute approximate surface area is 97.3 Å². The zero-order valence-corrected chi connectivity index (χ0v) is 11.1. The third-order valence-electron chi connectivity index (χ3n) is 1.34. The molecule has 5 N–H and O–H groups in total. The van der Waals surface area contributed by atoms with Gasteiger partial charge in [-0.25, -0.2) is 9.13 Å². The second-order valence-electron chi connectivity index (χ2n) is 3.04. The molecule has 0 aromatic rings. The van der Waals surface area contributed by atoms with Crippen LogP contribution in [0, 0.1) is 0 Å². The lowest BCUT2D eigenvalue weighted by Gasteiger charge is -2.13. The van der Waals surface area contributed by atoms with E-state index in [1.165, 1.54) is 0 Å². The first-order valence-corrected chi connectivity index (χ1v) is 7.04. The van der Waals surface area contributed by atoms with Crippen LogP contribution in [0.1, 0.15) is 6.92 Å². The van der Waals surface area contributed by atoms with Gasteiger partial charge in [0.2, 0.25) is 0 Å². The van der Waals surface area contributed by atoms with Gasteiger partial charge in [0.25, 0.3) is 0 Å². The summed E-state index contributed by atoms with van der Waals surface area (Å²) in [5, 5.41) is 8.31. The maximum absolute atomic E-state index is 10.1. The fourth-order valence-corrected chi connectivity index (χ4v) is 1.47. The van der Waals surface area contributed by atoms with Gasteiger partial charge in [-0.1, -0.05) is 0 Å². The van der Waals surface area contributed by atoms with Crippen LogP contribution in [0.4, 0.5) is 0 Å². The molecule has 0 rings (SSSR count). The van der Waals surface area contributed by atoms with Gasteiger partial charge in [-0.15, -0.1) is 0 Å². The van der Waals surface area contributed by atoms with Gasteiger partial charge in [-0.05, 0) is 21.0 Å². The summed E-state index contributed by atoms with van der Waals surface area (Å²) in [6.07, 6.45) is 0. The summed E-state index contributed by atoms with van der Waals surface area (Å²) in [5.74, 6) is -0.782. The zero-order valence-electron chi connectivity index (χ0n) is 9.29. The lowest BCUT2D eigenvalue weighted by atomic mass is 10.3. The summed E-state index contributed by atoms with van der Waals surface area (Å²) in [6, 6.07) is -0.380. The molecule has 0 saturated carbocycles. The first-order chi connectivity index (χ1) is 7.26. The lowest BCUT2D eigenvalue weighted by Crippen LogP contribution is -2.32. The number of hydrogen-bond donors (Lipinski definition) is 5. The van der Waals surface area contributed by atoms with Crippen molar-refractivity contribution in [3.8, 4) is 0 Å². The van der Waals surface area contributed by atoms with E-state index in [9.17, 15) is 13.9 Å². The molecule has 0 bridgehead atoms. The topological polar surface area (TPSA) is 165 Å². The molecule has 0 fully saturated rings. The van der Waals surface area contributed by atoms with Gasteiger partial charge in [0.1, 0.15) is 6.04 Å². The normalized spacial score (nSPS) is 13.9. The minimum atomic E-state index is -5.05. The van der Waals surface area contributed by atoms with Gasteiger partial charge in [0, 0.05) is 0 Å². The lowest BCUT2D eigenvalue weighted by molar-refractivity contribution is -0.141. The Morgan fingerprint density at radius 3 is 1.41 bits per heavy atom. The van der Waals surface area contributed by atoms with Crippen molar-refractivity contribution < 1.29 is 42.9 Å². The highest BCUT2D eigenvalue weighted by Gasteiger charge is 2.27. The predicted octanol–water partition coefficient (Wildman–Crippen LogP) is -0.790. The molecule has 0 heterocycles. The Hall–Kier alpha value is -0.310. The van der Waals surface area contributed by atoms with E-state index in [0.29, 0.717) is 0 Å². The van der Waals surface area contributed by atoms with Crippen LogP contribution in [-0.4, -0.2) is 55.7 Å². The second kappa shape index (κ2) is 7.20. The molecule has 0 aliphatic rings. The molecule has 0 spiro atoms. The number of likely N-dealkylation sites (N-methyl/N-ethyl adjacent to an activating group) is 1. The van der Waals surface area contributed by atoms with E-state index in [0.717, 1.165) is 0 Å². The number of rotatable bonds is 4. The summed E-state index contributed by atoms with van der Waals surface area (Å²) in [6.45, 7) is 1.64. The standard InChI is InChI=1S/C5H11NO2.H4O7P2/c1-4(5(7)8)6(2)3;1-8(2,3)7-9(4,5)6/h4H,1-3H3,(H,7,8);(H2,1,2,3)(H2,4,5,6). The first kappa shape index (κ1) is 19.0. The van der Waals surface area contributed by atoms with Crippen molar-refractivity contribution in [3.63, 3.8) is 0 Å². The average molecular weight is 295 g/mol. The number of carboxylic acid groups (broad SMARTS) is 1.